The maximum absolute atomic E-state index is 7.96. The molecule has 1 aliphatic rings. The SMILES string of the molecule is [C-]#[N+]C(CCCN1CCN(CCCc2ccccc2)CC1)(c1ccccc1)C(C)C. The summed E-state index contributed by atoms with van der Waals surface area (Å²) < 4.78 is 0. The Balaban J connectivity index is 1.40. The van der Waals surface area contributed by atoms with Gasteiger partial charge in [-0.1, -0.05) is 74.5 Å². The van der Waals surface area contributed by atoms with Crippen LogP contribution in [0.3, 0.4) is 0 Å². The van der Waals surface area contributed by atoms with Crippen molar-refractivity contribution in [3.63, 3.8) is 0 Å². The summed E-state index contributed by atoms with van der Waals surface area (Å²) in [5, 5.41) is 0. The van der Waals surface area contributed by atoms with Crippen LogP contribution in [0.2, 0.25) is 0 Å². The van der Waals surface area contributed by atoms with Crippen LogP contribution in [0.1, 0.15) is 44.2 Å². The van der Waals surface area contributed by atoms with Gasteiger partial charge in [-0.05, 0) is 37.9 Å². The van der Waals surface area contributed by atoms with E-state index in [0.29, 0.717) is 5.92 Å². The van der Waals surface area contributed by atoms with Crippen molar-refractivity contribution in [3.05, 3.63) is 83.2 Å². The number of hydrogen-bond donors (Lipinski definition) is 0. The summed E-state index contributed by atoms with van der Waals surface area (Å²) in [7, 11) is 0. The molecule has 1 fully saturated rings. The average Bonchev–Trinajstić information content (AvgIpc) is 2.79. The van der Waals surface area contributed by atoms with E-state index in [-0.39, 0.29) is 5.54 Å². The molecule has 3 nitrogen and oxygen atoms in total. The third-order valence-electron chi connectivity index (χ3n) is 6.71. The van der Waals surface area contributed by atoms with E-state index in [0.717, 1.165) is 32.5 Å². The highest BCUT2D eigenvalue weighted by Crippen LogP contribution is 2.38. The van der Waals surface area contributed by atoms with Crippen molar-refractivity contribution in [1.29, 1.82) is 0 Å². The number of aryl methyl sites for hydroxylation is 1. The fourth-order valence-electron chi connectivity index (χ4n) is 4.70. The van der Waals surface area contributed by atoms with E-state index < -0.39 is 0 Å². The first-order chi connectivity index (χ1) is 14.6. The molecule has 160 valence electrons. The smallest absolute Gasteiger partial charge is 0.259 e. The Morgan fingerprint density at radius 3 is 1.90 bits per heavy atom. The first-order valence-electron chi connectivity index (χ1n) is 11.6. The third-order valence-corrected chi connectivity index (χ3v) is 6.71. The van der Waals surface area contributed by atoms with Crippen LogP contribution >= 0.6 is 0 Å². The molecule has 1 unspecified atom stereocenters. The Kier molecular flexibility index (Phi) is 8.49. The summed E-state index contributed by atoms with van der Waals surface area (Å²) in [4.78, 5) is 9.37. The molecule has 3 rings (SSSR count). The van der Waals surface area contributed by atoms with Gasteiger partial charge < -0.3 is 14.6 Å². The minimum absolute atomic E-state index is 0.318. The van der Waals surface area contributed by atoms with Crippen molar-refractivity contribution in [3.8, 4) is 0 Å². The fourth-order valence-corrected chi connectivity index (χ4v) is 4.70. The Labute approximate surface area is 183 Å². The largest absolute Gasteiger partial charge is 0.305 e. The number of nitrogens with zero attached hydrogens (tertiary/aromatic N) is 3. The van der Waals surface area contributed by atoms with Crippen LogP contribution in [0.5, 0.6) is 0 Å². The molecule has 3 heteroatoms. The number of rotatable bonds is 10. The lowest BCUT2D eigenvalue weighted by atomic mass is 9.77. The maximum Gasteiger partial charge on any atom is 0.259 e. The highest BCUT2D eigenvalue weighted by molar-refractivity contribution is 5.29. The molecule has 0 bridgehead atoms. The molecule has 1 aliphatic heterocycles. The quantitative estimate of drug-likeness (QED) is 0.486. The van der Waals surface area contributed by atoms with Gasteiger partial charge in [0.15, 0.2) is 0 Å². The van der Waals surface area contributed by atoms with Gasteiger partial charge in [-0.3, -0.25) is 0 Å². The molecular formula is C27H37N3. The Morgan fingerprint density at radius 2 is 1.37 bits per heavy atom. The van der Waals surface area contributed by atoms with E-state index in [9.17, 15) is 0 Å². The van der Waals surface area contributed by atoms with Crippen LogP contribution in [0, 0.1) is 12.5 Å². The molecule has 1 heterocycles. The highest BCUT2D eigenvalue weighted by Gasteiger charge is 2.41. The number of piperazine rings is 1. The van der Waals surface area contributed by atoms with E-state index in [1.54, 1.807) is 0 Å². The van der Waals surface area contributed by atoms with Crippen LogP contribution in [0.15, 0.2) is 60.7 Å². The first kappa shape index (κ1) is 22.5. The molecule has 1 atom stereocenters. The molecule has 0 N–H and O–H groups in total. The van der Waals surface area contributed by atoms with E-state index in [2.05, 4.69) is 83.1 Å². The Bertz CT molecular complexity index is 773. The molecular weight excluding hydrogens is 366 g/mol. The minimum Gasteiger partial charge on any atom is -0.305 e. The van der Waals surface area contributed by atoms with Gasteiger partial charge >= 0.3 is 0 Å². The standard InChI is InChI=1S/C27H37N3/c1-24(2)27(28-3,26-15-8-5-9-16-26)17-11-19-30-22-20-29(21-23-30)18-10-14-25-12-6-4-7-13-25/h4-9,12-13,15-16,24H,10-11,14,17-23H2,1-2H3. The van der Waals surface area contributed by atoms with E-state index >= 15 is 0 Å². The molecule has 0 saturated carbocycles. The zero-order chi connectivity index (χ0) is 21.2. The van der Waals surface area contributed by atoms with E-state index in [4.69, 9.17) is 6.57 Å². The van der Waals surface area contributed by atoms with Crippen LogP contribution in [0.25, 0.3) is 4.85 Å². The van der Waals surface area contributed by atoms with Crippen LogP contribution < -0.4 is 0 Å². The minimum atomic E-state index is -0.388. The highest BCUT2D eigenvalue weighted by atomic mass is 15.3. The summed E-state index contributed by atoms with van der Waals surface area (Å²) >= 11 is 0. The zero-order valence-corrected chi connectivity index (χ0v) is 18.8. The predicted octanol–water partition coefficient (Wildman–Crippen LogP) is 5.49. The summed E-state index contributed by atoms with van der Waals surface area (Å²) in [5.74, 6) is 0.318. The second-order valence-corrected chi connectivity index (χ2v) is 8.93. The van der Waals surface area contributed by atoms with Crippen molar-refractivity contribution in [1.82, 2.24) is 9.80 Å². The van der Waals surface area contributed by atoms with Gasteiger partial charge in [0.05, 0.1) is 0 Å². The first-order valence-corrected chi connectivity index (χ1v) is 11.6. The van der Waals surface area contributed by atoms with Gasteiger partial charge in [0.2, 0.25) is 0 Å². The van der Waals surface area contributed by atoms with Crippen molar-refractivity contribution in [2.45, 2.75) is 45.1 Å². The molecule has 0 radical (unpaired) electrons. The van der Waals surface area contributed by atoms with Crippen molar-refractivity contribution >= 4 is 0 Å². The van der Waals surface area contributed by atoms with Gasteiger partial charge in [0.25, 0.3) is 5.54 Å². The summed E-state index contributed by atoms with van der Waals surface area (Å²) in [6.45, 7) is 19.3. The molecule has 30 heavy (non-hydrogen) atoms. The second kappa shape index (κ2) is 11.3. The molecule has 2 aromatic rings. The third kappa shape index (κ3) is 5.94. The predicted molar refractivity (Wildman–Crippen MR) is 126 cm³/mol. The van der Waals surface area contributed by atoms with Crippen molar-refractivity contribution in [2.75, 3.05) is 39.3 Å². The number of benzene rings is 2. The molecule has 2 aromatic carbocycles. The van der Waals surface area contributed by atoms with Crippen molar-refractivity contribution < 1.29 is 0 Å². The molecule has 0 amide bonds. The molecule has 0 aromatic heterocycles. The molecule has 0 spiro atoms. The summed E-state index contributed by atoms with van der Waals surface area (Å²) in [5.41, 5.74) is 2.24. The topological polar surface area (TPSA) is 10.8 Å². The van der Waals surface area contributed by atoms with E-state index in [1.165, 1.54) is 43.6 Å². The Morgan fingerprint density at radius 1 is 0.833 bits per heavy atom. The lowest BCUT2D eigenvalue weighted by Crippen LogP contribution is -2.47. The van der Waals surface area contributed by atoms with Gasteiger partial charge in [-0.15, -0.1) is 0 Å². The lowest BCUT2D eigenvalue weighted by Gasteiger charge is -2.35. The van der Waals surface area contributed by atoms with E-state index in [1.807, 2.05) is 6.07 Å². The average molecular weight is 404 g/mol. The molecule has 1 saturated heterocycles. The summed E-state index contributed by atoms with van der Waals surface area (Å²) in [6.07, 6.45) is 4.44. The maximum atomic E-state index is 7.96. The van der Waals surface area contributed by atoms with Gasteiger partial charge in [0, 0.05) is 44.1 Å². The van der Waals surface area contributed by atoms with Crippen LogP contribution in [-0.2, 0) is 12.0 Å². The monoisotopic (exact) mass is 403 g/mol. The zero-order valence-electron chi connectivity index (χ0n) is 18.8. The van der Waals surface area contributed by atoms with Crippen LogP contribution in [-0.4, -0.2) is 49.1 Å². The normalized spacial score (nSPS) is 17.5. The van der Waals surface area contributed by atoms with Crippen LogP contribution in [0.4, 0.5) is 0 Å². The van der Waals surface area contributed by atoms with Gasteiger partial charge in [0.1, 0.15) is 0 Å². The van der Waals surface area contributed by atoms with Gasteiger partial charge in [-0.25, -0.2) is 6.57 Å². The fraction of sp³-hybridized carbons (Fsp3) is 0.519. The molecule has 0 aliphatic carbocycles. The lowest BCUT2D eigenvalue weighted by molar-refractivity contribution is 0.127. The van der Waals surface area contributed by atoms with Crippen molar-refractivity contribution in [2.24, 2.45) is 5.92 Å². The second-order valence-electron chi connectivity index (χ2n) is 8.93. The van der Waals surface area contributed by atoms with Gasteiger partial charge in [-0.2, -0.15) is 0 Å². The summed E-state index contributed by atoms with van der Waals surface area (Å²) in [6, 6.07) is 21.2. The number of hydrogen-bond acceptors (Lipinski definition) is 2. The Hall–Kier alpha value is -2.15.